The molecule has 0 radical (unpaired) electrons. The number of carbonyl (C=O) groups excluding carboxylic acids is 3. The summed E-state index contributed by atoms with van der Waals surface area (Å²) in [7, 11) is 1.33. The van der Waals surface area contributed by atoms with Gasteiger partial charge in [-0.2, -0.15) is 0 Å². The summed E-state index contributed by atoms with van der Waals surface area (Å²) in [5, 5.41) is 1.52. The quantitative estimate of drug-likeness (QED) is 0.376. The molecule has 0 saturated heterocycles. The van der Waals surface area contributed by atoms with Gasteiger partial charge >= 0.3 is 5.97 Å². The highest BCUT2D eigenvalue weighted by atomic mass is 16.5. The molecule has 0 spiro atoms. The van der Waals surface area contributed by atoms with Crippen LogP contribution >= 0.6 is 0 Å². The Morgan fingerprint density at radius 3 is 2.38 bits per heavy atom. The average molecular weight is 436 g/mol. The first kappa shape index (κ1) is 22.1. The third kappa shape index (κ3) is 3.90. The highest BCUT2D eigenvalue weighted by Crippen LogP contribution is 2.38. The number of furan rings is 1. The predicted octanol–water partition coefficient (Wildman–Crippen LogP) is 5.75. The molecule has 1 heterocycles. The first-order chi connectivity index (χ1) is 15.3. The van der Waals surface area contributed by atoms with Crippen LogP contribution < -0.4 is 4.90 Å². The fourth-order valence-electron chi connectivity index (χ4n) is 4.73. The Bertz CT molecular complexity index is 1180. The van der Waals surface area contributed by atoms with Crippen LogP contribution in [0.5, 0.6) is 0 Å². The van der Waals surface area contributed by atoms with E-state index in [2.05, 4.69) is 6.92 Å². The number of carbonyl (C=O) groups is 3. The third-order valence-corrected chi connectivity index (χ3v) is 6.53. The molecule has 1 aromatic heterocycles. The Morgan fingerprint density at radius 1 is 1.06 bits per heavy atom. The Morgan fingerprint density at radius 2 is 1.75 bits per heavy atom. The maximum Gasteiger partial charge on any atom is 0.340 e. The first-order valence-corrected chi connectivity index (χ1v) is 11.2. The van der Waals surface area contributed by atoms with Gasteiger partial charge in [-0.15, -0.1) is 0 Å². The average Bonchev–Trinajstić information content (AvgIpc) is 3.15. The van der Waals surface area contributed by atoms with Crippen LogP contribution in [0.4, 0.5) is 5.69 Å². The Balaban J connectivity index is 1.90. The second-order valence-corrected chi connectivity index (χ2v) is 9.09. The number of amides is 1. The Hall–Kier alpha value is -3.15. The van der Waals surface area contributed by atoms with Gasteiger partial charge < -0.3 is 14.1 Å². The van der Waals surface area contributed by atoms with E-state index in [9.17, 15) is 14.4 Å². The summed E-state index contributed by atoms with van der Waals surface area (Å²) >= 11 is 0. The highest BCUT2D eigenvalue weighted by Gasteiger charge is 2.33. The van der Waals surface area contributed by atoms with E-state index in [4.69, 9.17) is 9.15 Å². The number of hydrogen-bond acceptors (Lipinski definition) is 5. The standard InChI is InChI=1S/C26H29NO5/c1-15(2)27(25(29)18-8-5-16(3)6-9-18)22-12-20-19-11-17(14-28)7-10-23(19)32-24(20)13-21(22)26(30)31-4/h7,10-16,18H,5-6,8-9H2,1-4H3. The van der Waals surface area contributed by atoms with Crippen molar-refractivity contribution in [3.05, 3.63) is 41.5 Å². The third-order valence-electron chi connectivity index (χ3n) is 6.53. The molecular formula is C26H29NO5. The normalized spacial score (nSPS) is 18.8. The Kier molecular flexibility index (Phi) is 6.04. The lowest BCUT2D eigenvalue weighted by molar-refractivity contribution is -0.123. The molecule has 0 bridgehead atoms. The number of fused-ring (bicyclic) bond motifs is 3. The molecular weight excluding hydrogens is 406 g/mol. The van der Waals surface area contributed by atoms with Crippen molar-refractivity contribution in [2.75, 3.05) is 12.0 Å². The predicted molar refractivity (Wildman–Crippen MR) is 124 cm³/mol. The summed E-state index contributed by atoms with van der Waals surface area (Å²) in [6.45, 7) is 6.13. The summed E-state index contributed by atoms with van der Waals surface area (Å²) in [5.74, 6) is 0.0971. The maximum absolute atomic E-state index is 13.7. The summed E-state index contributed by atoms with van der Waals surface area (Å²) in [6, 6.07) is 8.51. The molecule has 32 heavy (non-hydrogen) atoms. The topological polar surface area (TPSA) is 76.8 Å². The van der Waals surface area contributed by atoms with Crippen LogP contribution in [0.3, 0.4) is 0 Å². The van der Waals surface area contributed by atoms with Crippen molar-refractivity contribution in [1.29, 1.82) is 0 Å². The molecule has 168 valence electrons. The minimum absolute atomic E-state index is 0.0396. The number of aldehydes is 1. The second-order valence-electron chi connectivity index (χ2n) is 9.09. The molecule has 4 rings (SSSR count). The molecule has 0 aliphatic heterocycles. The van der Waals surface area contributed by atoms with Gasteiger partial charge in [-0.3, -0.25) is 9.59 Å². The van der Waals surface area contributed by atoms with E-state index in [0.717, 1.165) is 42.7 Å². The van der Waals surface area contributed by atoms with Gasteiger partial charge in [0, 0.05) is 28.3 Å². The van der Waals surface area contributed by atoms with Gasteiger partial charge in [-0.1, -0.05) is 6.92 Å². The van der Waals surface area contributed by atoms with E-state index in [1.165, 1.54) is 7.11 Å². The van der Waals surface area contributed by atoms with Gasteiger partial charge in [0.05, 0.1) is 18.4 Å². The van der Waals surface area contributed by atoms with Crippen LogP contribution in [-0.4, -0.2) is 31.3 Å². The Labute approximate surface area is 187 Å². The fraction of sp³-hybridized carbons (Fsp3) is 0.423. The van der Waals surface area contributed by atoms with Gasteiger partial charge in [0.25, 0.3) is 0 Å². The van der Waals surface area contributed by atoms with Crippen LogP contribution in [0.2, 0.25) is 0 Å². The number of esters is 1. The van der Waals surface area contributed by atoms with Gasteiger partial charge in [0.15, 0.2) is 0 Å². The summed E-state index contributed by atoms with van der Waals surface area (Å²) in [5.41, 5.74) is 2.46. The summed E-state index contributed by atoms with van der Waals surface area (Å²) < 4.78 is 11.0. The second kappa shape index (κ2) is 8.77. The number of anilines is 1. The minimum Gasteiger partial charge on any atom is -0.465 e. The molecule has 1 amide bonds. The van der Waals surface area contributed by atoms with Crippen molar-refractivity contribution in [2.45, 2.75) is 52.5 Å². The molecule has 6 nitrogen and oxygen atoms in total. The van der Waals surface area contributed by atoms with Crippen LogP contribution in [0.1, 0.15) is 67.2 Å². The molecule has 2 aromatic carbocycles. The maximum atomic E-state index is 13.7. The lowest BCUT2D eigenvalue weighted by Gasteiger charge is -2.34. The molecule has 0 atom stereocenters. The number of hydrogen-bond donors (Lipinski definition) is 0. The van der Waals surface area contributed by atoms with Crippen LogP contribution in [0.15, 0.2) is 34.7 Å². The van der Waals surface area contributed by atoms with Crippen molar-refractivity contribution in [2.24, 2.45) is 11.8 Å². The van der Waals surface area contributed by atoms with Gasteiger partial charge in [0.1, 0.15) is 17.5 Å². The van der Waals surface area contributed by atoms with Crippen LogP contribution in [-0.2, 0) is 9.53 Å². The highest BCUT2D eigenvalue weighted by molar-refractivity contribution is 6.13. The molecule has 1 aliphatic carbocycles. The number of methoxy groups -OCH3 is 1. The summed E-state index contributed by atoms with van der Waals surface area (Å²) in [6.07, 6.45) is 4.57. The van der Waals surface area contributed by atoms with Crippen LogP contribution in [0, 0.1) is 11.8 Å². The van der Waals surface area contributed by atoms with E-state index in [1.807, 2.05) is 19.9 Å². The van der Waals surface area contributed by atoms with E-state index >= 15 is 0 Å². The van der Waals surface area contributed by atoms with E-state index < -0.39 is 5.97 Å². The fourth-order valence-corrected chi connectivity index (χ4v) is 4.73. The molecule has 1 saturated carbocycles. The largest absolute Gasteiger partial charge is 0.465 e. The van der Waals surface area contributed by atoms with Crippen molar-refractivity contribution >= 4 is 45.8 Å². The lowest BCUT2D eigenvalue weighted by atomic mass is 9.82. The van der Waals surface area contributed by atoms with Crippen molar-refractivity contribution in [3.63, 3.8) is 0 Å². The van der Waals surface area contributed by atoms with Gasteiger partial charge in [-0.25, -0.2) is 4.79 Å². The minimum atomic E-state index is -0.522. The first-order valence-electron chi connectivity index (χ1n) is 11.2. The number of nitrogens with zero attached hydrogens (tertiary/aromatic N) is 1. The number of ether oxygens (including phenoxy) is 1. The number of benzene rings is 2. The van der Waals surface area contributed by atoms with Crippen molar-refractivity contribution < 1.29 is 23.5 Å². The van der Waals surface area contributed by atoms with Gasteiger partial charge in [0.2, 0.25) is 5.91 Å². The van der Waals surface area contributed by atoms with E-state index in [0.29, 0.717) is 33.9 Å². The molecule has 0 unspecified atom stereocenters. The van der Waals surface area contributed by atoms with Crippen molar-refractivity contribution in [1.82, 2.24) is 0 Å². The zero-order valence-electron chi connectivity index (χ0n) is 19.0. The zero-order valence-corrected chi connectivity index (χ0v) is 19.0. The van der Waals surface area contributed by atoms with Crippen molar-refractivity contribution in [3.8, 4) is 0 Å². The molecule has 1 aliphatic rings. The van der Waals surface area contributed by atoms with Gasteiger partial charge in [-0.05, 0) is 75.8 Å². The molecule has 6 heteroatoms. The SMILES string of the molecule is COC(=O)c1cc2oc3ccc(C=O)cc3c2cc1N(C(=O)C1CCC(C)CC1)C(C)C. The monoisotopic (exact) mass is 435 g/mol. The zero-order chi connectivity index (χ0) is 23.0. The van der Waals surface area contributed by atoms with E-state index in [1.54, 1.807) is 29.2 Å². The lowest BCUT2D eigenvalue weighted by Crippen LogP contribution is -2.43. The molecule has 1 fully saturated rings. The van der Waals surface area contributed by atoms with Crippen LogP contribution in [0.25, 0.3) is 21.9 Å². The number of rotatable bonds is 5. The summed E-state index contributed by atoms with van der Waals surface area (Å²) in [4.78, 5) is 39.4. The van der Waals surface area contributed by atoms with E-state index in [-0.39, 0.29) is 17.9 Å². The molecule has 0 N–H and O–H groups in total. The smallest absolute Gasteiger partial charge is 0.340 e. The molecule has 3 aromatic rings.